The smallest absolute Gasteiger partial charge is 0.243 e. The van der Waals surface area contributed by atoms with Crippen molar-refractivity contribution in [3.63, 3.8) is 0 Å². The lowest BCUT2D eigenvalue weighted by atomic mass is 10.1. The van der Waals surface area contributed by atoms with Crippen LogP contribution in [-0.4, -0.2) is 83.8 Å². The van der Waals surface area contributed by atoms with E-state index in [0.29, 0.717) is 37.9 Å². The number of para-hydroxylation sites is 1. The van der Waals surface area contributed by atoms with E-state index in [2.05, 4.69) is 26.0 Å². The van der Waals surface area contributed by atoms with Gasteiger partial charge in [0.05, 0.1) is 53.9 Å². The number of nitrogens with one attached hydrogen (secondary N) is 1. The number of imidazole rings is 2. The molecule has 1 atom stereocenters. The minimum atomic E-state index is -0.312. The molecule has 1 fully saturated rings. The van der Waals surface area contributed by atoms with Gasteiger partial charge in [0.2, 0.25) is 11.8 Å². The lowest BCUT2D eigenvalue weighted by Gasteiger charge is -2.40. The van der Waals surface area contributed by atoms with Crippen LogP contribution in [0.2, 0.25) is 0 Å². The largest absolute Gasteiger partial charge is 0.497 e. The number of amides is 1. The van der Waals surface area contributed by atoms with Gasteiger partial charge < -0.3 is 23.9 Å². The molecule has 1 aliphatic rings. The van der Waals surface area contributed by atoms with Gasteiger partial charge in [0.25, 0.3) is 0 Å². The van der Waals surface area contributed by atoms with Crippen LogP contribution in [-0.2, 0) is 24.9 Å². The summed E-state index contributed by atoms with van der Waals surface area (Å²) in [7, 11) is 5.17. The Kier molecular flexibility index (Phi) is 7.42. The molecular weight excluding hydrogens is 570 g/mol. The summed E-state index contributed by atoms with van der Waals surface area (Å²) in [5.41, 5.74) is 5.11. The molecule has 5 heterocycles. The highest BCUT2D eigenvalue weighted by molar-refractivity contribution is 5.85. The number of pyridine rings is 1. The van der Waals surface area contributed by atoms with Gasteiger partial charge in [-0.15, -0.1) is 0 Å². The zero-order valence-electron chi connectivity index (χ0n) is 25.8. The molecule has 1 aliphatic heterocycles. The Morgan fingerprint density at radius 3 is 2.69 bits per heavy atom. The van der Waals surface area contributed by atoms with Gasteiger partial charge in [0.1, 0.15) is 30.0 Å². The molecule has 0 aliphatic carbocycles. The van der Waals surface area contributed by atoms with Crippen molar-refractivity contribution in [2.45, 2.75) is 26.1 Å². The van der Waals surface area contributed by atoms with E-state index in [4.69, 9.17) is 19.4 Å². The standard InChI is InChI=1S/C33H35N9O3/c1-21-35-27-10-9-24(44-3)16-29(27)42(21)20-31(43)41-14-13-40(18-23-11-12-39(2)38-23)19-30(41)32-34-17-28(36-32)25-15-22-7-5-6-8-26(22)37-33(25)45-4/h5-12,15-17,30H,13-14,18-20H2,1-4H3,(H,34,36)/t30-/m0/s1. The summed E-state index contributed by atoms with van der Waals surface area (Å²) in [4.78, 5) is 36.1. The van der Waals surface area contributed by atoms with E-state index in [0.717, 1.165) is 50.5 Å². The Morgan fingerprint density at radius 1 is 1.02 bits per heavy atom. The number of carbonyl (C=O) groups excluding carboxylic acids is 1. The number of hydrogen-bond acceptors (Lipinski definition) is 8. The summed E-state index contributed by atoms with van der Waals surface area (Å²) in [6, 6.07) is 17.4. The molecule has 1 amide bonds. The molecule has 0 bridgehead atoms. The summed E-state index contributed by atoms with van der Waals surface area (Å²) >= 11 is 0. The van der Waals surface area contributed by atoms with Gasteiger partial charge in [-0.2, -0.15) is 5.10 Å². The Hall–Kier alpha value is -5.23. The zero-order valence-corrected chi connectivity index (χ0v) is 25.8. The third-order valence-corrected chi connectivity index (χ3v) is 8.46. The molecule has 4 aromatic heterocycles. The normalized spacial score (nSPS) is 15.6. The molecule has 230 valence electrons. The SMILES string of the molecule is COc1ccc2nc(C)n(CC(=O)N3CCN(Cc4ccn(C)n4)C[C@H]3c3ncc(-c4cc5ccccc5nc4OC)[nH]3)c2c1. The highest BCUT2D eigenvalue weighted by Gasteiger charge is 2.34. The molecule has 0 saturated carbocycles. The topological polar surface area (TPSA) is 119 Å². The molecule has 1 saturated heterocycles. The Bertz CT molecular complexity index is 2010. The average molecular weight is 606 g/mol. The van der Waals surface area contributed by atoms with E-state index < -0.39 is 0 Å². The van der Waals surface area contributed by atoms with E-state index >= 15 is 0 Å². The van der Waals surface area contributed by atoms with Crippen molar-refractivity contribution in [2.75, 3.05) is 33.9 Å². The first-order chi connectivity index (χ1) is 21.9. The number of aromatic nitrogens is 7. The van der Waals surface area contributed by atoms with E-state index in [9.17, 15) is 4.79 Å². The molecule has 0 radical (unpaired) electrons. The number of nitrogens with zero attached hydrogens (tertiary/aromatic N) is 8. The van der Waals surface area contributed by atoms with Gasteiger partial charge in [-0.05, 0) is 37.3 Å². The maximum absolute atomic E-state index is 14.1. The second-order valence-electron chi connectivity index (χ2n) is 11.3. The predicted molar refractivity (Wildman–Crippen MR) is 170 cm³/mol. The molecule has 1 N–H and O–H groups in total. The van der Waals surface area contributed by atoms with Crippen LogP contribution in [0.15, 0.2) is 67.0 Å². The monoisotopic (exact) mass is 605 g/mol. The molecule has 7 rings (SSSR count). The summed E-state index contributed by atoms with van der Waals surface area (Å²) in [5.74, 6) is 2.70. The van der Waals surface area contributed by atoms with Gasteiger partial charge in [0.15, 0.2) is 0 Å². The first kappa shape index (κ1) is 28.5. The van der Waals surface area contributed by atoms with Crippen molar-refractivity contribution in [3.8, 4) is 22.9 Å². The summed E-state index contributed by atoms with van der Waals surface area (Å²) < 4.78 is 14.9. The molecular formula is C33H35N9O3. The fraction of sp³-hybridized carbons (Fsp3) is 0.303. The molecule has 0 unspecified atom stereocenters. The van der Waals surface area contributed by atoms with E-state index in [1.807, 2.05) is 82.8 Å². The number of aryl methyl sites for hydroxylation is 2. The number of benzene rings is 2. The van der Waals surface area contributed by atoms with Gasteiger partial charge in [0, 0.05) is 50.9 Å². The maximum Gasteiger partial charge on any atom is 0.243 e. The second kappa shape index (κ2) is 11.7. The second-order valence-corrected chi connectivity index (χ2v) is 11.3. The Labute approximate surface area is 260 Å². The van der Waals surface area contributed by atoms with E-state index in [1.165, 1.54) is 0 Å². The van der Waals surface area contributed by atoms with Crippen molar-refractivity contribution < 1.29 is 14.3 Å². The Balaban J connectivity index is 1.22. The van der Waals surface area contributed by atoms with Crippen LogP contribution in [0.5, 0.6) is 11.6 Å². The van der Waals surface area contributed by atoms with Crippen LogP contribution in [0.1, 0.15) is 23.4 Å². The van der Waals surface area contributed by atoms with Crippen molar-refractivity contribution in [1.29, 1.82) is 0 Å². The van der Waals surface area contributed by atoms with Gasteiger partial charge in [-0.25, -0.2) is 15.0 Å². The maximum atomic E-state index is 14.1. The number of carbonyl (C=O) groups is 1. The molecule has 6 aromatic rings. The first-order valence-corrected chi connectivity index (χ1v) is 14.9. The highest BCUT2D eigenvalue weighted by Crippen LogP contribution is 2.33. The van der Waals surface area contributed by atoms with Gasteiger partial charge in [-0.3, -0.25) is 14.4 Å². The van der Waals surface area contributed by atoms with Crippen molar-refractivity contribution in [3.05, 3.63) is 84.3 Å². The Morgan fingerprint density at radius 2 is 1.89 bits per heavy atom. The quantitative estimate of drug-likeness (QED) is 0.275. The first-order valence-electron chi connectivity index (χ1n) is 14.9. The lowest BCUT2D eigenvalue weighted by Crippen LogP contribution is -2.51. The predicted octanol–water partition coefficient (Wildman–Crippen LogP) is 4.12. The minimum absolute atomic E-state index is 0.00870. The average Bonchev–Trinajstić information content (AvgIpc) is 3.79. The fourth-order valence-electron chi connectivity index (χ4n) is 6.16. The summed E-state index contributed by atoms with van der Waals surface area (Å²) in [5, 5.41) is 5.58. The molecule has 2 aromatic carbocycles. The molecule has 12 heteroatoms. The number of hydrogen-bond donors (Lipinski definition) is 1. The number of aromatic amines is 1. The number of methoxy groups -OCH3 is 2. The van der Waals surface area contributed by atoms with E-state index in [-0.39, 0.29) is 18.5 Å². The highest BCUT2D eigenvalue weighted by atomic mass is 16.5. The molecule has 45 heavy (non-hydrogen) atoms. The number of rotatable bonds is 8. The lowest BCUT2D eigenvalue weighted by molar-refractivity contribution is -0.137. The number of H-pyrrole nitrogens is 1. The van der Waals surface area contributed by atoms with Crippen molar-refractivity contribution in [1.82, 2.24) is 44.1 Å². The van der Waals surface area contributed by atoms with Crippen LogP contribution in [0.4, 0.5) is 0 Å². The van der Waals surface area contributed by atoms with Crippen molar-refractivity contribution in [2.24, 2.45) is 7.05 Å². The van der Waals surface area contributed by atoms with Gasteiger partial charge in [-0.1, -0.05) is 18.2 Å². The number of piperazine rings is 1. The van der Waals surface area contributed by atoms with E-state index in [1.54, 1.807) is 20.4 Å². The van der Waals surface area contributed by atoms with Crippen LogP contribution in [0.25, 0.3) is 33.2 Å². The van der Waals surface area contributed by atoms with Crippen molar-refractivity contribution >= 4 is 27.8 Å². The minimum Gasteiger partial charge on any atom is -0.497 e. The van der Waals surface area contributed by atoms with Crippen LogP contribution >= 0.6 is 0 Å². The van der Waals surface area contributed by atoms with Crippen LogP contribution in [0, 0.1) is 6.92 Å². The zero-order chi connectivity index (χ0) is 31.1. The van der Waals surface area contributed by atoms with Crippen LogP contribution in [0.3, 0.4) is 0 Å². The number of fused-ring (bicyclic) bond motifs is 2. The summed E-state index contributed by atoms with van der Waals surface area (Å²) in [6.07, 6.45) is 3.74. The van der Waals surface area contributed by atoms with Gasteiger partial charge >= 0.3 is 0 Å². The summed E-state index contributed by atoms with van der Waals surface area (Å²) in [6.45, 7) is 4.61. The molecule has 0 spiro atoms. The number of ether oxygens (including phenoxy) is 2. The third kappa shape index (κ3) is 5.48. The molecule has 12 nitrogen and oxygen atoms in total. The third-order valence-electron chi connectivity index (χ3n) is 8.46. The van der Waals surface area contributed by atoms with Crippen LogP contribution < -0.4 is 9.47 Å². The fourth-order valence-corrected chi connectivity index (χ4v) is 6.16.